The van der Waals surface area contributed by atoms with E-state index >= 15 is 0 Å². The standard InChI is InChI=1S/C27H32N2O5.2H2S/c1-27(2,3)19-10-8-18(9-11-19)25(32)28-21(15-17-6-12-20(30)13-7-17)26(33)29-14-4-5-23-24(29)22(31)16-34-23;;/h6-13,21,23-24,30H,4-5,14-16H2,1-3H3,(H,28,32);2*1H2/t21-,23+,24+;;/m0../s1. The van der Waals surface area contributed by atoms with E-state index in [0.29, 0.717) is 12.1 Å². The number of likely N-dealkylation sites (tertiary alicyclic amines) is 1. The van der Waals surface area contributed by atoms with Gasteiger partial charge in [0, 0.05) is 18.5 Å². The molecule has 2 heterocycles. The average Bonchev–Trinajstić information content (AvgIpc) is 3.20. The van der Waals surface area contributed by atoms with Gasteiger partial charge < -0.3 is 20.1 Å². The van der Waals surface area contributed by atoms with Crippen molar-refractivity contribution in [2.75, 3.05) is 13.2 Å². The van der Waals surface area contributed by atoms with Crippen LogP contribution in [-0.4, -0.2) is 58.9 Å². The molecule has 0 unspecified atom stereocenters. The topological polar surface area (TPSA) is 95.9 Å². The smallest absolute Gasteiger partial charge is 0.251 e. The molecule has 2 aromatic carbocycles. The van der Waals surface area contributed by atoms with Gasteiger partial charge in [0.25, 0.3) is 5.91 Å². The Morgan fingerprint density at radius 2 is 1.72 bits per heavy atom. The zero-order chi connectivity index (χ0) is 24.5. The number of phenols is 1. The van der Waals surface area contributed by atoms with Gasteiger partial charge in [-0.05, 0) is 53.6 Å². The Kier molecular flexibility index (Phi) is 10.0. The van der Waals surface area contributed by atoms with E-state index in [1.54, 1.807) is 41.3 Å². The summed E-state index contributed by atoms with van der Waals surface area (Å²) in [7, 11) is 0. The summed E-state index contributed by atoms with van der Waals surface area (Å²) in [4.78, 5) is 40.8. The van der Waals surface area contributed by atoms with Crippen LogP contribution >= 0.6 is 27.0 Å². The number of hydrogen-bond acceptors (Lipinski definition) is 5. The molecular formula is C27H36N2O5S2. The first kappa shape index (κ1) is 29.7. The highest BCUT2D eigenvalue weighted by Gasteiger charge is 2.45. The molecule has 0 radical (unpaired) electrons. The van der Waals surface area contributed by atoms with Gasteiger partial charge in [0.1, 0.15) is 24.4 Å². The van der Waals surface area contributed by atoms with Crippen molar-refractivity contribution in [2.24, 2.45) is 0 Å². The minimum Gasteiger partial charge on any atom is -0.508 e. The van der Waals surface area contributed by atoms with Crippen molar-refractivity contribution in [2.45, 2.75) is 63.6 Å². The van der Waals surface area contributed by atoms with Gasteiger partial charge >= 0.3 is 0 Å². The first-order chi connectivity index (χ1) is 16.1. The highest BCUT2D eigenvalue weighted by Crippen LogP contribution is 2.27. The van der Waals surface area contributed by atoms with Gasteiger partial charge in [0.2, 0.25) is 5.91 Å². The van der Waals surface area contributed by atoms with Crippen LogP contribution in [0.3, 0.4) is 0 Å². The first-order valence-electron chi connectivity index (χ1n) is 11.8. The van der Waals surface area contributed by atoms with Crippen molar-refractivity contribution < 1.29 is 24.2 Å². The number of ether oxygens (including phenoxy) is 1. The Labute approximate surface area is 226 Å². The zero-order valence-corrected chi connectivity index (χ0v) is 22.9. The molecule has 2 saturated heterocycles. The van der Waals surface area contributed by atoms with Gasteiger partial charge in [-0.1, -0.05) is 45.0 Å². The molecule has 2 aliphatic rings. The van der Waals surface area contributed by atoms with Gasteiger partial charge in [-0.15, -0.1) is 0 Å². The zero-order valence-electron chi connectivity index (χ0n) is 20.9. The van der Waals surface area contributed by atoms with Crippen LogP contribution in [0.4, 0.5) is 0 Å². The second kappa shape index (κ2) is 12.2. The van der Waals surface area contributed by atoms with Crippen LogP contribution in [0.5, 0.6) is 5.75 Å². The second-order valence-corrected chi connectivity index (χ2v) is 10.2. The lowest BCUT2D eigenvalue weighted by Crippen LogP contribution is -2.58. The fourth-order valence-corrected chi connectivity index (χ4v) is 4.67. The summed E-state index contributed by atoms with van der Waals surface area (Å²) in [6.07, 6.45) is 1.46. The number of rotatable bonds is 5. The Morgan fingerprint density at radius 1 is 1.08 bits per heavy atom. The van der Waals surface area contributed by atoms with E-state index in [1.807, 2.05) is 12.1 Å². The summed E-state index contributed by atoms with van der Waals surface area (Å²) >= 11 is 0. The predicted octanol–water partition coefficient (Wildman–Crippen LogP) is 3.22. The number of hydrogen-bond donors (Lipinski definition) is 2. The van der Waals surface area contributed by atoms with Crippen molar-refractivity contribution >= 4 is 44.6 Å². The second-order valence-electron chi connectivity index (χ2n) is 10.2. The maximum atomic E-state index is 13.7. The number of benzene rings is 2. The van der Waals surface area contributed by atoms with E-state index in [2.05, 4.69) is 26.1 Å². The first-order valence-corrected chi connectivity index (χ1v) is 11.8. The summed E-state index contributed by atoms with van der Waals surface area (Å²) in [5.74, 6) is -0.603. The van der Waals surface area contributed by atoms with Gasteiger partial charge in [-0.3, -0.25) is 14.4 Å². The lowest BCUT2D eigenvalue weighted by atomic mass is 9.86. The van der Waals surface area contributed by atoms with E-state index in [-0.39, 0.29) is 74.9 Å². The van der Waals surface area contributed by atoms with Crippen LogP contribution in [0.1, 0.15) is 55.1 Å². The number of nitrogens with one attached hydrogen (secondary N) is 1. The van der Waals surface area contributed by atoms with Crippen LogP contribution < -0.4 is 5.32 Å². The number of aromatic hydroxyl groups is 1. The molecule has 0 aliphatic carbocycles. The van der Waals surface area contributed by atoms with Crippen LogP contribution in [0, 0.1) is 0 Å². The van der Waals surface area contributed by atoms with E-state index in [0.717, 1.165) is 24.0 Å². The van der Waals surface area contributed by atoms with Crippen molar-refractivity contribution in [3.05, 3.63) is 65.2 Å². The molecule has 0 saturated carbocycles. The third-order valence-corrected chi connectivity index (χ3v) is 6.62. The number of Topliss-reactive ketones (excluding diaryl/α,β-unsaturated/α-hetero) is 1. The van der Waals surface area contributed by atoms with Gasteiger partial charge in [0.15, 0.2) is 5.78 Å². The largest absolute Gasteiger partial charge is 0.508 e. The minimum absolute atomic E-state index is 0. The molecule has 36 heavy (non-hydrogen) atoms. The summed E-state index contributed by atoms with van der Waals surface area (Å²) in [6, 6.07) is 12.5. The third-order valence-electron chi connectivity index (χ3n) is 6.62. The molecule has 4 rings (SSSR count). The van der Waals surface area contributed by atoms with Crippen LogP contribution in [-0.2, 0) is 26.2 Å². The lowest BCUT2D eigenvalue weighted by molar-refractivity contribution is -0.142. The van der Waals surface area contributed by atoms with Crippen molar-refractivity contribution in [1.82, 2.24) is 10.2 Å². The molecule has 0 bridgehead atoms. The molecule has 2 amide bonds. The normalized spacial score (nSPS) is 20.0. The molecule has 2 aliphatic heterocycles. The Bertz CT molecular complexity index is 1070. The van der Waals surface area contributed by atoms with E-state index < -0.39 is 12.1 Å². The highest BCUT2D eigenvalue weighted by atomic mass is 32.1. The number of piperidine rings is 1. The van der Waals surface area contributed by atoms with Crippen LogP contribution in [0.2, 0.25) is 0 Å². The van der Waals surface area contributed by atoms with Crippen molar-refractivity contribution in [3.63, 3.8) is 0 Å². The number of nitrogens with zero attached hydrogens (tertiary/aromatic N) is 1. The number of carbonyl (C=O) groups is 3. The summed E-state index contributed by atoms with van der Waals surface area (Å²) in [5, 5.41) is 12.5. The van der Waals surface area contributed by atoms with Gasteiger partial charge in [-0.25, -0.2) is 0 Å². The van der Waals surface area contributed by atoms with Crippen LogP contribution in [0.15, 0.2) is 48.5 Å². The maximum Gasteiger partial charge on any atom is 0.251 e. The fourth-order valence-electron chi connectivity index (χ4n) is 4.67. The SMILES string of the molecule is CC(C)(C)c1ccc(C(=O)N[C@@H](Cc2ccc(O)cc2)C(=O)N2CCC[C@H]3OCC(=O)[C@H]32)cc1.S.S. The molecule has 9 heteroatoms. The van der Waals surface area contributed by atoms with Crippen molar-refractivity contribution in [3.8, 4) is 5.75 Å². The number of fused-ring (bicyclic) bond motifs is 1. The lowest BCUT2D eigenvalue weighted by Gasteiger charge is -2.37. The van der Waals surface area contributed by atoms with E-state index in [4.69, 9.17) is 4.74 Å². The summed E-state index contributed by atoms with van der Waals surface area (Å²) < 4.78 is 5.59. The molecule has 0 aromatic heterocycles. The van der Waals surface area contributed by atoms with Crippen LogP contribution in [0.25, 0.3) is 0 Å². The molecule has 2 N–H and O–H groups in total. The molecule has 196 valence electrons. The summed E-state index contributed by atoms with van der Waals surface area (Å²) in [5.41, 5.74) is 2.34. The number of ketones is 1. The number of carbonyl (C=O) groups excluding carboxylic acids is 3. The molecule has 2 fully saturated rings. The Balaban J connectivity index is 0.00000228. The number of amides is 2. The van der Waals surface area contributed by atoms with E-state index in [1.165, 1.54) is 0 Å². The highest BCUT2D eigenvalue weighted by molar-refractivity contribution is 7.59. The molecule has 3 atom stereocenters. The van der Waals surface area contributed by atoms with E-state index in [9.17, 15) is 19.5 Å². The van der Waals surface area contributed by atoms with Gasteiger partial charge in [-0.2, -0.15) is 27.0 Å². The van der Waals surface area contributed by atoms with Gasteiger partial charge in [0.05, 0.1) is 6.10 Å². The quantitative estimate of drug-likeness (QED) is 0.617. The Morgan fingerprint density at radius 3 is 2.33 bits per heavy atom. The van der Waals surface area contributed by atoms with Crippen molar-refractivity contribution in [1.29, 1.82) is 0 Å². The minimum atomic E-state index is -0.855. The maximum absolute atomic E-state index is 13.7. The Hall–Kier alpha value is -2.49. The average molecular weight is 533 g/mol. The monoisotopic (exact) mass is 532 g/mol. The third kappa shape index (κ3) is 6.63. The molecular weight excluding hydrogens is 496 g/mol. The summed E-state index contributed by atoms with van der Waals surface area (Å²) in [6.45, 7) is 6.79. The number of phenolic OH excluding ortho intramolecular Hbond substituents is 1. The molecule has 0 spiro atoms. The predicted molar refractivity (Wildman–Crippen MR) is 148 cm³/mol. The molecule has 7 nitrogen and oxygen atoms in total. The molecule has 2 aromatic rings. The fraction of sp³-hybridized carbons (Fsp3) is 0.444.